The summed E-state index contributed by atoms with van der Waals surface area (Å²) < 4.78 is 31.6. The molecule has 1 fully saturated rings. The van der Waals surface area contributed by atoms with E-state index in [0.29, 0.717) is 34.6 Å². The first kappa shape index (κ1) is 23.6. The van der Waals surface area contributed by atoms with Crippen LogP contribution in [0.3, 0.4) is 0 Å². The molecule has 3 aromatic rings. The molecular formula is C26H29FN2O5. The molecule has 0 aliphatic carbocycles. The van der Waals surface area contributed by atoms with Gasteiger partial charge in [-0.15, -0.1) is 0 Å². The molecule has 1 aliphatic rings. The van der Waals surface area contributed by atoms with E-state index in [4.69, 9.17) is 13.9 Å². The van der Waals surface area contributed by atoms with Gasteiger partial charge in [0.25, 0.3) is 5.91 Å². The Morgan fingerprint density at radius 2 is 1.88 bits per heavy atom. The van der Waals surface area contributed by atoms with Crippen molar-refractivity contribution in [1.29, 1.82) is 0 Å². The molecule has 1 N–H and O–H groups in total. The first-order chi connectivity index (χ1) is 16.1. The average molecular weight is 469 g/mol. The number of furan rings is 1. The van der Waals surface area contributed by atoms with Gasteiger partial charge in [0.1, 0.15) is 35.5 Å². The van der Waals surface area contributed by atoms with E-state index in [0.717, 1.165) is 5.56 Å². The van der Waals surface area contributed by atoms with E-state index in [-0.39, 0.29) is 13.1 Å². The molecule has 7 nitrogen and oxygen atoms in total. The highest BCUT2D eigenvalue weighted by molar-refractivity contribution is 6.07. The number of likely N-dealkylation sites (tertiary alicyclic amines) is 1. The molecule has 2 aromatic carbocycles. The Morgan fingerprint density at radius 1 is 1.15 bits per heavy atom. The van der Waals surface area contributed by atoms with Gasteiger partial charge < -0.3 is 24.1 Å². The molecular weight excluding hydrogens is 439 g/mol. The molecule has 2 heterocycles. The summed E-state index contributed by atoms with van der Waals surface area (Å²) in [6.07, 6.45) is -2.00. The normalized spacial score (nSPS) is 18.2. The van der Waals surface area contributed by atoms with Gasteiger partial charge in [-0.3, -0.25) is 4.79 Å². The van der Waals surface area contributed by atoms with Crippen LogP contribution in [0.2, 0.25) is 0 Å². The van der Waals surface area contributed by atoms with E-state index in [1.54, 1.807) is 45.9 Å². The van der Waals surface area contributed by atoms with Crippen LogP contribution in [0.4, 0.5) is 9.18 Å². The Bertz CT molecular complexity index is 1190. The van der Waals surface area contributed by atoms with Crippen LogP contribution in [-0.4, -0.2) is 47.8 Å². The molecule has 4 rings (SSSR count). The lowest BCUT2D eigenvalue weighted by molar-refractivity contribution is 0.0281. The SMILES string of the molecule is Cc1oc2ccc(OCc3ccccc3)cc2c1C(=O)NC1CN(C(=O)OC(C)(C)C)CC1F. The molecule has 2 amide bonds. The second kappa shape index (κ2) is 9.37. The van der Waals surface area contributed by atoms with Crippen LogP contribution < -0.4 is 10.1 Å². The molecule has 1 saturated heterocycles. The Hall–Kier alpha value is -3.55. The number of aryl methyl sites for hydroxylation is 1. The van der Waals surface area contributed by atoms with E-state index in [1.165, 1.54) is 4.90 Å². The van der Waals surface area contributed by atoms with Crippen LogP contribution in [-0.2, 0) is 11.3 Å². The minimum Gasteiger partial charge on any atom is -0.489 e. The fourth-order valence-electron chi connectivity index (χ4n) is 3.93. The minimum absolute atomic E-state index is 0.0298. The number of rotatable bonds is 5. The van der Waals surface area contributed by atoms with Crippen LogP contribution in [0.25, 0.3) is 11.0 Å². The maximum atomic E-state index is 14.7. The highest BCUT2D eigenvalue weighted by atomic mass is 19.1. The van der Waals surface area contributed by atoms with Crippen LogP contribution in [0, 0.1) is 6.92 Å². The second-order valence-electron chi connectivity index (χ2n) is 9.45. The number of carbonyl (C=O) groups is 2. The third-order valence-corrected chi connectivity index (χ3v) is 5.53. The van der Waals surface area contributed by atoms with Crippen LogP contribution in [0.15, 0.2) is 52.9 Å². The summed E-state index contributed by atoms with van der Waals surface area (Å²) in [7, 11) is 0. The predicted octanol–water partition coefficient (Wildman–Crippen LogP) is 5.01. The first-order valence-electron chi connectivity index (χ1n) is 11.2. The quantitative estimate of drug-likeness (QED) is 0.570. The standard InChI is InChI=1S/C26H29FN2O5/c1-16-23(24(30)28-21-14-29(13-20(21)27)25(31)34-26(2,3)4)19-12-18(10-11-22(19)33-16)32-15-17-8-6-5-7-9-17/h5-12,20-21H,13-15H2,1-4H3,(H,28,30). The molecule has 2 unspecified atom stereocenters. The van der Waals surface area contributed by atoms with Crippen molar-refractivity contribution in [3.05, 3.63) is 65.4 Å². The number of nitrogens with zero attached hydrogens (tertiary/aromatic N) is 1. The van der Waals surface area contributed by atoms with Crippen molar-refractivity contribution in [1.82, 2.24) is 10.2 Å². The van der Waals surface area contributed by atoms with Gasteiger partial charge in [-0.25, -0.2) is 9.18 Å². The fraction of sp³-hybridized carbons (Fsp3) is 0.385. The molecule has 34 heavy (non-hydrogen) atoms. The van der Waals surface area contributed by atoms with Gasteiger partial charge in [-0.1, -0.05) is 30.3 Å². The van der Waals surface area contributed by atoms with Gasteiger partial charge in [0.05, 0.1) is 18.2 Å². The summed E-state index contributed by atoms with van der Waals surface area (Å²) in [5, 5.41) is 3.31. The van der Waals surface area contributed by atoms with Crippen molar-refractivity contribution in [2.24, 2.45) is 0 Å². The topological polar surface area (TPSA) is 81.0 Å². The van der Waals surface area contributed by atoms with E-state index in [9.17, 15) is 14.0 Å². The zero-order chi connectivity index (χ0) is 24.5. The Morgan fingerprint density at radius 3 is 2.59 bits per heavy atom. The van der Waals surface area contributed by atoms with Crippen LogP contribution >= 0.6 is 0 Å². The lowest BCUT2D eigenvalue weighted by Gasteiger charge is -2.24. The van der Waals surface area contributed by atoms with Gasteiger partial charge in [-0.05, 0) is 51.5 Å². The Kier molecular flexibility index (Phi) is 6.50. The lowest BCUT2D eigenvalue weighted by atomic mass is 10.1. The number of hydrogen-bond acceptors (Lipinski definition) is 5. The fourth-order valence-corrected chi connectivity index (χ4v) is 3.93. The van der Waals surface area contributed by atoms with Crippen molar-refractivity contribution in [2.75, 3.05) is 13.1 Å². The number of halogens is 1. The number of amides is 2. The summed E-state index contributed by atoms with van der Waals surface area (Å²) in [6, 6.07) is 14.2. The third-order valence-electron chi connectivity index (χ3n) is 5.53. The van der Waals surface area contributed by atoms with Crippen molar-refractivity contribution >= 4 is 23.0 Å². The van der Waals surface area contributed by atoms with Gasteiger partial charge in [0.15, 0.2) is 0 Å². The molecule has 1 aliphatic heterocycles. The molecule has 180 valence electrons. The molecule has 0 spiro atoms. The monoisotopic (exact) mass is 468 g/mol. The smallest absolute Gasteiger partial charge is 0.410 e. The van der Waals surface area contributed by atoms with E-state index < -0.39 is 29.8 Å². The van der Waals surface area contributed by atoms with Crippen molar-refractivity contribution in [3.63, 3.8) is 0 Å². The predicted molar refractivity (Wildman–Crippen MR) is 126 cm³/mol. The van der Waals surface area contributed by atoms with E-state index >= 15 is 0 Å². The number of ether oxygens (including phenoxy) is 2. The zero-order valence-corrected chi connectivity index (χ0v) is 19.8. The minimum atomic E-state index is -1.40. The number of alkyl halides is 1. The molecule has 8 heteroatoms. The molecule has 0 saturated carbocycles. The van der Waals surface area contributed by atoms with E-state index in [2.05, 4.69) is 5.32 Å². The van der Waals surface area contributed by atoms with Gasteiger partial charge >= 0.3 is 6.09 Å². The first-order valence-corrected chi connectivity index (χ1v) is 11.2. The zero-order valence-electron chi connectivity index (χ0n) is 19.8. The van der Waals surface area contributed by atoms with Crippen molar-refractivity contribution in [2.45, 2.75) is 52.1 Å². The maximum Gasteiger partial charge on any atom is 0.410 e. The second-order valence-corrected chi connectivity index (χ2v) is 9.45. The summed E-state index contributed by atoms with van der Waals surface area (Å²) in [4.78, 5) is 26.7. The van der Waals surface area contributed by atoms with Gasteiger partial charge in [0.2, 0.25) is 0 Å². The highest BCUT2D eigenvalue weighted by Crippen LogP contribution is 2.30. The summed E-state index contributed by atoms with van der Waals surface area (Å²) in [6.45, 7) is 7.21. The molecule has 0 radical (unpaired) electrons. The molecule has 0 bridgehead atoms. The van der Waals surface area contributed by atoms with Gasteiger partial charge in [0, 0.05) is 11.9 Å². The summed E-state index contributed by atoms with van der Waals surface area (Å²) in [5.41, 5.74) is 1.20. The maximum absolute atomic E-state index is 14.7. The number of nitrogens with one attached hydrogen (secondary N) is 1. The van der Waals surface area contributed by atoms with Crippen LogP contribution in [0.1, 0.15) is 42.5 Å². The van der Waals surface area contributed by atoms with Crippen molar-refractivity contribution in [3.8, 4) is 5.75 Å². The molecule has 2 atom stereocenters. The van der Waals surface area contributed by atoms with E-state index in [1.807, 2.05) is 30.3 Å². The summed E-state index contributed by atoms with van der Waals surface area (Å²) >= 11 is 0. The highest BCUT2D eigenvalue weighted by Gasteiger charge is 2.38. The number of hydrogen-bond donors (Lipinski definition) is 1. The number of benzene rings is 2. The summed E-state index contributed by atoms with van der Waals surface area (Å²) in [5.74, 6) is 0.548. The number of carbonyl (C=O) groups excluding carboxylic acids is 2. The Balaban J connectivity index is 1.47. The third kappa shape index (κ3) is 5.32. The average Bonchev–Trinajstić information content (AvgIpc) is 3.30. The van der Waals surface area contributed by atoms with Gasteiger partial charge in [-0.2, -0.15) is 0 Å². The lowest BCUT2D eigenvalue weighted by Crippen LogP contribution is -2.42. The molecule has 1 aromatic heterocycles. The largest absolute Gasteiger partial charge is 0.489 e. The number of fused-ring (bicyclic) bond motifs is 1. The van der Waals surface area contributed by atoms with Crippen molar-refractivity contribution < 1.29 is 27.9 Å². The van der Waals surface area contributed by atoms with Crippen LogP contribution in [0.5, 0.6) is 5.75 Å². The Labute approximate surface area is 197 Å².